The fourth-order valence-corrected chi connectivity index (χ4v) is 2.84. The predicted octanol–water partition coefficient (Wildman–Crippen LogP) is 2.68. The topological polar surface area (TPSA) is 83.7 Å². The van der Waals surface area contributed by atoms with Gasteiger partial charge < -0.3 is 10.0 Å². The normalized spacial score (nSPS) is 17.6. The molecule has 1 aromatic rings. The summed E-state index contributed by atoms with van der Waals surface area (Å²) >= 11 is 0. The fraction of sp³-hybridized carbons (Fsp3) is 0.533. The highest BCUT2D eigenvalue weighted by molar-refractivity contribution is 5.98. The Morgan fingerprint density at radius 1 is 1.38 bits per heavy atom. The van der Waals surface area contributed by atoms with E-state index >= 15 is 0 Å². The van der Waals surface area contributed by atoms with Crippen LogP contribution in [0.4, 0.5) is 18.9 Å². The van der Waals surface area contributed by atoms with E-state index in [1.165, 1.54) is 23.1 Å². The molecule has 24 heavy (non-hydrogen) atoms. The molecule has 1 heterocycles. The van der Waals surface area contributed by atoms with Gasteiger partial charge >= 0.3 is 6.18 Å². The van der Waals surface area contributed by atoms with Crippen LogP contribution in [0.25, 0.3) is 0 Å². The van der Waals surface area contributed by atoms with Crippen molar-refractivity contribution in [1.29, 1.82) is 0 Å². The molecular formula is C15H17F3N2O4. The molecule has 1 aliphatic heterocycles. The van der Waals surface area contributed by atoms with Crippen LogP contribution in [-0.2, 0) is 0 Å². The highest BCUT2D eigenvalue weighted by atomic mass is 19.4. The van der Waals surface area contributed by atoms with Gasteiger partial charge in [0.25, 0.3) is 11.6 Å². The van der Waals surface area contributed by atoms with E-state index in [9.17, 15) is 33.2 Å². The second-order valence-corrected chi connectivity index (χ2v) is 5.89. The fourth-order valence-electron chi connectivity index (χ4n) is 2.84. The molecule has 1 unspecified atom stereocenters. The van der Waals surface area contributed by atoms with Crippen molar-refractivity contribution in [2.24, 2.45) is 5.92 Å². The number of aliphatic hydroxyl groups excluding tert-OH is 1. The summed E-state index contributed by atoms with van der Waals surface area (Å²) in [6.07, 6.45) is -7.12. The maximum atomic E-state index is 12.5. The third kappa shape index (κ3) is 3.84. The van der Waals surface area contributed by atoms with Crippen LogP contribution in [0.1, 0.15) is 28.8 Å². The van der Waals surface area contributed by atoms with Gasteiger partial charge in [0.2, 0.25) is 0 Å². The summed E-state index contributed by atoms with van der Waals surface area (Å²) in [7, 11) is 0. The van der Waals surface area contributed by atoms with Crippen molar-refractivity contribution in [2.45, 2.75) is 32.0 Å². The van der Waals surface area contributed by atoms with E-state index in [1.54, 1.807) is 6.92 Å². The summed E-state index contributed by atoms with van der Waals surface area (Å²) in [5.41, 5.74) is 0.268. The average molecular weight is 346 g/mol. The summed E-state index contributed by atoms with van der Waals surface area (Å²) in [5, 5.41) is 20.3. The first-order valence-corrected chi connectivity index (χ1v) is 7.40. The largest absolute Gasteiger partial charge is 0.414 e. The number of aliphatic hydroxyl groups is 1. The van der Waals surface area contributed by atoms with Crippen LogP contribution in [0.3, 0.4) is 0 Å². The van der Waals surface area contributed by atoms with E-state index in [1.807, 2.05) is 0 Å². The number of piperidine rings is 1. The minimum Gasteiger partial charge on any atom is -0.383 e. The molecule has 1 fully saturated rings. The quantitative estimate of drug-likeness (QED) is 0.674. The van der Waals surface area contributed by atoms with Crippen LogP contribution < -0.4 is 0 Å². The second kappa shape index (κ2) is 6.76. The molecule has 6 nitrogen and oxygen atoms in total. The van der Waals surface area contributed by atoms with Gasteiger partial charge in [-0.2, -0.15) is 13.2 Å². The van der Waals surface area contributed by atoms with Crippen molar-refractivity contribution < 1.29 is 28.0 Å². The number of nitrogens with zero attached hydrogens (tertiary/aromatic N) is 2. The lowest BCUT2D eigenvalue weighted by Gasteiger charge is -2.34. The SMILES string of the molecule is Cc1ccc([N+](=O)[O-])c(C(=O)N2CCC(C(O)C(F)(F)F)CC2)c1. The van der Waals surface area contributed by atoms with E-state index in [-0.39, 0.29) is 37.2 Å². The third-order valence-corrected chi connectivity index (χ3v) is 4.19. The second-order valence-electron chi connectivity index (χ2n) is 5.89. The number of rotatable bonds is 3. The molecule has 1 saturated heterocycles. The summed E-state index contributed by atoms with van der Waals surface area (Å²) in [4.78, 5) is 24.2. The van der Waals surface area contributed by atoms with Gasteiger partial charge in [0.15, 0.2) is 6.10 Å². The minimum absolute atomic E-state index is 0.00791. The summed E-state index contributed by atoms with van der Waals surface area (Å²) in [6, 6.07) is 4.15. The highest BCUT2D eigenvalue weighted by Crippen LogP contribution is 2.32. The van der Waals surface area contributed by atoms with Crippen molar-refractivity contribution in [3.8, 4) is 0 Å². The molecule has 1 amide bonds. The van der Waals surface area contributed by atoms with Gasteiger partial charge in [-0.15, -0.1) is 0 Å². The lowest BCUT2D eigenvalue weighted by atomic mass is 9.90. The van der Waals surface area contributed by atoms with Gasteiger partial charge in [0, 0.05) is 19.2 Å². The number of hydrogen-bond acceptors (Lipinski definition) is 4. The maximum Gasteiger partial charge on any atom is 0.414 e. The van der Waals surface area contributed by atoms with Gasteiger partial charge in [-0.05, 0) is 37.3 Å². The number of benzene rings is 1. The summed E-state index contributed by atoms with van der Waals surface area (Å²) < 4.78 is 37.6. The van der Waals surface area contributed by atoms with Crippen molar-refractivity contribution in [2.75, 3.05) is 13.1 Å². The molecule has 0 aromatic heterocycles. The lowest BCUT2D eigenvalue weighted by molar-refractivity contribution is -0.385. The lowest BCUT2D eigenvalue weighted by Crippen LogP contribution is -2.45. The minimum atomic E-state index is -4.69. The zero-order chi connectivity index (χ0) is 18.1. The van der Waals surface area contributed by atoms with E-state index < -0.39 is 29.0 Å². The van der Waals surface area contributed by atoms with Crippen LogP contribution in [-0.4, -0.2) is 46.2 Å². The van der Waals surface area contributed by atoms with Crippen molar-refractivity contribution in [1.82, 2.24) is 4.90 Å². The molecule has 2 rings (SSSR count). The Kier molecular flexibility index (Phi) is 5.12. The number of amides is 1. The first-order valence-electron chi connectivity index (χ1n) is 7.40. The molecule has 0 spiro atoms. The number of alkyl halides is 3. The van der Waals surface area contributed by atoms with Gasteiger partial charge in [0.05, 0.1) is 4.92 Å². The molecule has 1 N–H and O–H groups in total. The maximum absolute atomic E-state index is 12.5. The zero-order valence-corrected chi connectivity index (χ0v) is 12.9. The highest BCUT2D eigenvalue weighted by Gasteiger charge is 2.44. The third-order valence-electron chi connectivity index (χ3n) is 4.19. The Morgan fingerprint density at radius 3 is 2.46 bits per heavy atom. The van der Waals surface area contributed by atoms with Crippen LogP contribution in [0.5, 0.6) is 0 Å². The van der Waals surface area contributed by atoms with Crippen LogP contribution >= 0.6 is 0 Å². The Bertz CT molecular complexity index is 640. The van der Waals surface area contributed by atoms with Crippen molar-refractivity contribution in [3.63, 3.8) is 0 Å². The van der Waals surface area contributed by atoms with E-state index in [0.29, 0.717) is 5.56 Å². The summed E-state index contributed by atoms with van der Waals surface area (Å²) in [6.45, 7) is 1.72. The number of hydrogen-bond donors (Lipinski definition) is 1. The van der Waals surface area contributed by atoms with E-state index in [0.717, 1.165) is 0 Å². The monoisotopic (exact) mass is 346 g/mol. The predicted molar refractivity (Wildman–Crippen MR) is 78.5 cm³/mol. The number of nitro groups is 1. The number of aryl methyl sites for hydroxylation is 1. The smallest absolute Gasteiger partial charge is 0.383 e. The van der Waals surface area contributed by atoms with Crippen LogP contribution in [0, 0.1) is 23.0 Å². The standard InChI is InChI=1S/C15H17F3N2O4/c1-9-2-3-12(20(23)24)11(8-9)14(22)19-6-4-10(5-7-19)13(21)15(16,17)18/h2-3,8,10,13,21H,4-7H2,1H3. The Balaban J connectivity index is 2.11. The number of halogens is 3. The molecule has 132 valence electrons. The Hall–Kier alpha value is -2.16. The first-order chi connectivity index (χ1) is 11.1. The van der Waals surface area contributed by atoms with E-state index in [2.05, 4.69) is 0 Å². The van der Waals surface area contributed by atoms with Gasteiger partial charge in [-0.25, -0.2) is 0 Å². The first kappa shape index (κ1) is 18.2. The number of likely N-dealkylation sites (tertiary alicyclic amines) is 1. The Labute approximate surface area is 136 Å². The molecule has 0 radical (unpaired) electrons. The van der Waals surface area contributed by atoms with Crippen molar-refractivity contribution in [3.05, 3.63) is 39.4 Å². The molecular weight excluding hydrogens is 329 g/mol. The zero-order valence-electron chi connectivity index (χ0n) is 12.9. The molecule has 9 heteroatoms. The van der Waals surface area contributed by atoms with E-state index in [4.69, 9.17) is 0 Å². The Morgan fingerprint density at radius 2 is 1.96 bits per heavy atom. The molecule has 1 aromatic carbocycles. The summed E-state index contributed by atoms with van der Waals surface area (Å²) in [5.74, 6) is -1.55. The van der Waals surface area contributed by atoms with Gasteiger partial charge in [-0.3, -0.25) is 14.9 Å². The molecule has 1 aliphatic rings. The van der Waals surface area contributed by atoms with Crippen molar-refractivity contribution >= 4 is 11.6 Å². The van der Waals surface area contributed by atoms with Gasteiger partial charge in [0.1, 0.15) is 5.56 Å². The van der Waals surface area contributed by atoms with Crippen LogP contribution in [0.15, 0.2) is 18.2 Å². The number of nitro benzene ring substituents is 1. The number of carbonyl (C=O) groups is 1. The number of carbonyl (C=O) groups excluding carboxylic acids is 1. The van der Waals surface area contributed by atoms with Gasteiger partial charge in [-0.1, -0.05) is 6.07 Å². The molecule has 0 aliphatic carbocycles. The molecule has 1 atom stereocenters. The molecule has 0 bridgehead atoms. The average Bonchev–Trinajstić information content (AvgIpc) is 2.52. The molecule has 0 saturated carbocycles. The van der Waals surface area contributed by atoms with Crippen LogP contribution in [0.2, 0.25) is 0 Å².